The Bertz CT molecular complexity index is 438. The van der Waals surface area contributed by atoms with Gasteiger partial charge in [0.15, 0.2) is 5.69 Å². The van der Waals surface area contributed by atoms with E-state index in [1.165, 1.54) is 19.3 Å². The highest BCUT2D eigenvalue weighted by Crippen LogP contribution is 2.27. The van der Waals surface area contributed by atoms with E-state index in [0.717, 1.165) is 25.8 Å². The molecule has 0 bridgehead atoms. The first-order chi connectivity index (χ1) is 9.63. The Morgan fingerprint density at radius 2 is 2.00 bits per heavy atom. The molecule has 1 amide bonds. The van der Waals surface area contributed by atoms with Crippen molar-refractivity contribution in [3.63, 3.8) is 0 Å². The maximum absolute atomic E-state index is 12.2. The van der Waals surface area contributed by atoms with Crippen LogP contribution >= 0.6 is 0 Å². The monoisotopic (exact) mass is 276 g/mol. The van der Waals surface area contributed by atoms with Gasteiger partial charge in [-0.2, -0.15) is 0 Å². The number of carbonyl (C=O) groups excluding carboxylic acids is 1. The maximum Gasteiger partial charge on any atom is 0.272 e. The molecular weight excluding hydrogens is 252 g/mol. The number of nitrogens with zero attached hydrogens (tertiary/aromatic N) is 2. The van der Waals surface area contributed by atoms with Crippen LogP contribution in [0.4, 0.5) is 5.82 Å². The van der Waals surface area contributed by atoms with Crippen molar-refractivity contribution < 1.29 is 4.79 Å². The molecule has 0 aromatic carbocycles. The van der Waals surface area contributed by atoms with E-state index in [0.29, 0.717) is 11.5 Å². The van der Waals surface area contributed by atoms with Gasteiger partial charge in [0, 0.05) is 12.1 Å². The summed E-state index contributed by atoms with van der Waals surface area (Å²) >= 11 is 0. The van der Waals surface area contributed by atoms with Crippen LogP contribution in [0.1, 0.15) is 62.9 Å². The van der Waals surface area contributed by atoms with Crippen molar-refractivity contribution in [1.82, 2.24) is 15.5 Å². The van der Waals surface area contributed by atoms with Crippen molar-refractivity contribution >= 4 is 11.7 Å². The van der Waals surface area contributed by atoms with E-state index in [4.69, 9.17) is 0 Å². The van der Waals surface area contributed by atoms with Gasteiger partial charge in [0.2, 0.25) is 0 Å². The minimum Gasteiger partial charge on any atom is -0.369 e. The molecule has 20 heavy (non-hydrogen) atoms. The summed E-state index contributed by atoms with van der Waals surface area (Å²) in [4.78, 5) is 12.2. The van der Waals surface area contributed by atoms with Gasteiger partial charge in [-0.05, 0) is 38.3 Å². The van der Waals surface area contributed by atoms with Crippen LogP contribution in [0, 0.1) is 0 Å². The van der Waals surface area contributed by atoms with Crippen LogP contribution in [0.25, 0.3) is 0 Å². The SMILES string of the molecule is CCCNc1ccc(C(=O)NC2(C)CCCCC2)nn1. The fraction of sp³-hybridized carbons (Fsp3) is 0.667. The van der Waals surface area contributed by atoms with E-state index in [9.17, 15) is 4.79 Å². The molecule has 1 aliphatic carbocycles. The molecule has 0 unspecified atom stereocenters. The largest absolute Gasteiger partial charge is 0.369 e. The number of aromatic nitrogens is 2. The molecule has 1 fully saturated rings. The summed E-state index contributed by atoms with van der Waals surface area (Å²) in [5, 5.41) is 14.3. The number of carbonyl (C=O) groups is 1. The minimum absolute atomic E-state index is 0.0872. The van der Waals surface area contributed by atoms with Gasteiger partial charge < -0.3 is 10.6 Å². The number of hydrogen-bond acceptors (Lipinski definition) is 4. The fourth-order valence-corrected chi connectivity index (χ4v) is 2.60. The van der Waals surface area contributed by atoms with Gasteiger partial charge in [-0.1, -0.05) is 26.2 Å². The van der Waals surface area contributed by atoms with Crippen molar-refractivity contribution in [2.75, 3.05) is 11.9 Å². The Kier molecular flexibility index (Phi) is 4.93. The zero-order valence-corrected chi connectivity index (χ0v) is 12.4. The quantitative estimate of drug-likeness (QED) is 0.867. The molecule has 0 spiro atoms. The normalized spacial score (nSPS) is 17.5. The summed E-state index contributed by atoms with van der Waals surface area (Å²) in [6, 6.07) is 3.54. The predicted octanol–water partition coefficient (Wildman–Crippen LogP) is 2.75. The molecule has 1 heterocycles. The van der Waals surface area contributed by atoms with E-state index in [2.05, 4.69) is 34.7 Å². The number of amides is 1. The highest BCUT2D eigenvalue weighted by Gasteiger charge is 2.29. The molecule has 1 aromatic heterocycles. The lowest BCUT2D eigenvalue weighted by Crippen LogP contribution is -2.47. The molecule has 5 heteroatoms. The number of hydrogen-bond donors (Lipinski definition) is 2. The van der Waals surface area contributed by atoms with Crippen LogP contribution in [0.5, 0.6) is 0 Å². The molecule has 0 saturated heterocycles. The number of anilines is 1. The number of rotatable bonds is 5. The summed E-state index contributed by atoms with van der Waals surface area (Å²) in [6.45, 7) is 5.07. The van der Waals surface area contributed by atoms with Gasteiger partial charge in [-0.25, -0.2) is 0 Å². The van der Waals surface area contributed by atoms with Crippen molar-refractivity contribution in [2.24, 2.45) is 0 Å². The van der Waals surface area contributed by atoms with E-state index < -0.39 is 0 Å². The lowest BCUT2D eigenvalue weighted by molar-refractivity contribution is 0.0876. The van der Waals surface area contributed by atoms with Gasteiger partial charge >= 0.3 is 0 Å². The standard InChI is InChI=1S/C15H24N4O/c1-3-11-16-13-8-7-12(18-19-13)14(20)17-15(2)9-5-4-6-10-15/h7-8H,3-6,9-11H2,1-2H3,(H,16,19)(H,17,20). The van der Waals surface area contributed by atoms with Crippen LogP contribution in [0.15, 0.2) is 12.1 Å². The second-order valence-electron chi connectivity index (χ2n) is 5.81. The Hall–Kier alpha value is -1.65. The van der Waals surface area contributed by atoms with Crippen molar-refractivity contribution in [3.05, 3.63) is 17.8 Å². The van der Waals surface area contributed by atoms with Crippen LogP contribution in [0.3, 0.4) is 0 Å². The number of nitrogens with one attached hydrogen (secondary N) is 2. The molecule has 0 radical (unpaired) electrons. The Morgan fingerprint density at radius 3 is 2.60 bits per heavy atom. The summed E-state index contributed by atoms with van der Waals surface area (Å²) < 4.78 is 0. The molecule has 2 rings (SSSR count). The summed E-state index contributed by atoms with van der Waals surface area (Å²) in [7, 11) is 0. The zero-order chi connectivity index (χ0) is 14.4. The zero-order valence-electron chi connectivity index (χ0n) is 12.4. The van der Waals surface area contributed by atoms with Gasteiger partial charge in [-0.3, -0.25) is 4.79 Å². The van der Waals surface area contributed by atoms with Crippen LogP contribution in [0.2, 0.25) is 0 Å². The molecule has 1 aliphatic rings. The first-order valence-corrected chi connectivity index (χ1v) is 7.53. The molecule has 2 N–H and O–H groups in total. The lowest BCUT2D eigenvalue weighted by Gasteiger charge is -2.34. The topological polar surface area (TPSA) is 66.9 Å². The van der Waals surface area contributed by atoms with E-state index in [1.807, 2.05) is 0 Å². The highest BCUT2D eigenvalue weighted by molar-refractivity contribution is 5.92. The average Bonchev–Trinajstić information content (AvgIpc) is 2.46. The lowest BCUT2D eigenvalue weighted by atomic mass is 9.83. The predicted molar refractivity (Wildman–Crippen MR) is 79.8 cm³/mol. The Balaban J connectivity index is 1.94. The fourth-order valence-electron chi connectivity index (χ4n) is 2.60. The maximum atomic E-state index is 12.2. The van der Waals surface area contributed by atoms with Gasteiger partial charge in [-0.15, -0.1) is 10.2 Å². The third-order valence-corrected chi connectivity index (χ3v) is 3.83. The van der Waals surface area contributed by atoms with E-state index in [1.54, 1.807) is 12.1 Å². The van der Waals surface area contributed by atoms with Crippen LogP contribution < -0.4 is 10.6 Å². The first kappa shape index (κ1) is 14.8. The summed E-state index contributed by atoms with van der Waals surface area (Å²) in [6.07, 6.45) is 6.75. The smallest absolute Gasteiger partial charge is 0.272 e. The Labute approximate surface area is 120 Å². The molecule has 5 nitrogen and oxygen atoms in total. The van der Waals surface area contributed by atoms with E-state index in [-0.39, 0.29) is 11.4 Å². The molecule has 0 atom stereocenters. The van der Waals surface area contributed by atoms with Crippen molar-refractivity contribution in [2.45, 2.75) is 57.9 Å². The Morgan fingerprint density at radius 1 is 1.25 bits per heavy atom. The molecule has 1 saturated carbocycles. The second-order valence-corrected chi connectivity index (χ2v) is 5.81. The van der Waals surface area contributed by atoms with Crippen molar-refractivity contribution in [1.29, 1.82) is 0 Å². The molecule has 0 aliphatic heterocycles. The third kappa shape index (κ3) is 3.92. The third-order valence-electron chi connectivity index (χ3n) is 3.83. The van der Waals surface area contributed by atoms with Gasteiger partial charge in [0.1, 0.15) is 5.82 Å². The molecule has 110 valence electrons. The van der Waals surface area contributed by atoms with Crippen molar-refractivity contribution in [3.8, 4) is 0 Å². The molecule has 1 aromatic rings. The average molecular weight is 276 g/mol. The summed E-state index contributed by atoms with van der Waals surface area (Å²) in [5.41, 5.74) is 0.301. The first-order valence-electron chi connectivity index (χ1n) is 7.53. The van der Waals surface area contributed by atoms with Crippen LogP contribution in [-0.2, 0) is 0 Å². The van der Waals surface area contributed by atoms with E-state index >= 15 is 0 Å². The van der Waals surface area contributed by atoms with Gasteiger partial charge in [0.25, 0.3) is 5.91 Å². The minimum atomic E-state index is -0.121. The van der Waals surface area contributed by atoms with Gasteiger partial charge in [0.05, 0.1) is 0 Å². The van der Waals surface area contributed by atoms with Crippen LogP contribution in [-0.4, -0.2) is 28.2 Å². The highest BCUT2D eigenvalue weighted by atomic mass is 16.2. The summed E-state index contributed by atoms with van der Waals surface area (Å²) in [5.74, 6) is 0.594. The molecular formula is C15H24N4O. The second kappa shape index (κ2) is 6.68.